The van der Waals surface area contributed by atoms with Crippen molar-refractivity contribution in [2.45, 2.75) is 26.7 Å². The first-order valence-electron chi connectivity index (χ1n) is 5.45. The van der Waals surface area contributed by atoms with Crippen molar-refractivity contribution in [2.24, 2.45) is 17.8 Å². The average Bonchev–Trinajstić information content (AvgIpc) is 2.58. The Hall–Kier alpha value is -1.06. The highest BCUT2D eigenvalue weighted by atomic mass is 16.4. The monoisotopic (exact) mass is 213 g/mol. The Kier molecular flexibility index (Phi) is 3.72. The van der Waals surface area contributed by atoms with Gasteiger partial charge in [0.15, 0.2) is 0 Å². The summed E-state index contributed by atoms with van der Waals surface area (Å²) in [5.74, 6) is -1.31. The van der Waals surface area contributed by atoms with Crippen LogP contribution in [0.5, 0.6) is 0 Å². The lowest BCUT2D eigenvalue weighted by Crippen LogP contribution is -2.36. The highest BCUT2D eigenvalue weighted by Crippen LogP contribution is 2.37. The maximum atomic E-state index is 11.9. The fourth-order valence-corrected chi connectivity index (χ4v) is 2.28. The van der Waals surface area contributed by atoms with Gasteiger partial charge in [0.25, 0.3) is 0 Å². The average molecular weight is 213 g/mol. The lowest BCUT2D eigenvalue weighted by atomic mass is 9.95. The molecule has 86 valence electrons. The molecule has 0 radical (unpaired) electrons. The van der Waals surface area contributed by atoms with Gasteiger partial charge in [-0.25, -0.2) is 0 Å². The number of rotatable bonds is 3. The van der Waals surface area contributed by atoms with Crippen molar-refractivity contribution in [1.82, 2.24) is 4.90 Å². The van der Waals surface area contributed by atoms with Gasteiger partial charge in [0.05, 0.1) is 11.8 Å². The molecule has 1 unspecified atom stereocenters. The van der Waals surface area contributed by atoms with Gasteiger partial charge in [0, 0.05) is 13.6 Å². The molecule has 1 fully saturated rings. The normalized spacial score (nSPS) is 30.2. The zero-order valence-electron chi connectivity index (χ0n) is 9.56. The van der Waals surface area contributed by atoms with Crippen molar-refractivity contribution in [3.63, 3.8) is 0 Å². The number of nitrogens with zero attached hydrogens (tertiary/aromatic N) is 1. The lowest BCUT2D eigenvalue weighted by molar-refractivity contribution is -0.148. The molecule has 1 aliphatic carbocycles. The van der Waals surface area contributed by atoms with E-state index in [2.05, 4.69) is 0 Å². The molecule has 1 rings (SSSR count). The number of carbonyl (C=O) groups is 2. The van der Waals surface area contributed by atoms with Crippen LogP contribution in [0.25, 0.3) is 0 Å². The molecule has 1 saturated carbocycles. The summed E-state index contributed by atoms with van der Waals surface area (Å²) in [4.78, 5) is 24.5. The molecule has 4 heteroatoms. The topological polar surface area (TPSA) is 57.6 Å². The molecule has 1 N–H and O–H groups in total. The van der Waals surface area contributed by atoms with Crippen molar-refractivity contribution in [3.05, 3.63) is 0 Å². The van der Waals surface area contributed by atoms with Crippen LogP contribution in [-0.4, -0.2) is 35.5 Å². The van der Waals surface area contributed by atoms with Crippen LogP contribution in [0.3, 0.4) is 0 Å². The molecule has 0 aromatic heterocycles. The fraction of sp³-hybridized carbons (Fsp3) is 0.818. The molecule has 0 heterocycles. The summed E-state index contributed by atoms with van der Waals surface area (Å²) in [6.45, 7) is 4.54. The Morgan fingerprint density at radius 2 is 1.87 bits per heavy atom. The Morgan fingerprint density at radius 3 is 2.33 bits per heavy atom. The van der Waals surface area contributed by atoms with Gasteiger partial charge in [0.1, 0.15) is 0 Å². The number of hydrogen-bond donors (Lipinski definition) is 1. The molecule has 3 atom stereocenters. The molecule has 0 aliphatic heterocycles. The number of aliphatic carboxylic acids is 1. The third kappa shape index (κ3) is 2.49. The van der Waals surface area contributed by atoms with Crippen LogP contribution in [0.4, 0.5) is 0 Å². The third-order valence-corrected chi connectivity index (χ3v) is 3.28. The predicted octanol–water partition coefficient (Wildman–Crippen LogP) is 1.21. The van der Waals surface area contributed by atoms with Crippen molar-refractivity contribution >= 4 is 11.9 Å². The number of carboxylic acid groups (broad SMARTS) is 1. The van der Waals surface area contributed by atoms with Gasteiger partial charge in [-0.2, -0.15) is 0 Å². The van der Waals surface area contributed by atoms with Crippen LogP contribution in [0.1, 0.15) is 26.7 Å². The Labute approximate surface area is 90.3 Å². The number of carboxylic acids is 1. The second-order valence-electron chi connectivity index (χ2n) is 4.48. The summed E-state index contributed by atoms with van der Waals surface area (Å²) in [7, 11) is 1.73. The second-order valence-corrected chi connectivity index (χ2v) is 4.48. The van der Waals surface area contributed by atoms with Gasteiger partial charge >= 0.3 is 5.97 Å². The molecule has 0 aromatic rings. The molecule has 15 heavy (non-hydrogen) atoms. The van der Waals surface area contributed by atoms with Crippen molar-refractivity contribution in [2.75, 3.05) is 13.6 Å². The molecule has 1 amide bonds. The summed E-state index contributed by atoms with van der Waals surface area (Å²) in [6.07, 6.45) is 1.34. The van der Waals surface area contributed by atoms with E-state index in [1.807, 2.05) is 13.8 Å². The van der Waals surface area contributed by atoms with E-state index in [4.69, 9.17) is 5.11 Å². The second kappa shape index (κ2) is 4.64. The van der Waals surface area contributed by atoms with Gasteiger partial charge < -0.3 is 10.0 Å². The van der Waals surface area contributed by atoms with Crippen LogP contribution >= 0.6 is 0 Å². The number of amides is 1. The van der Waals surface area contributed by atoms with Gasteiger partial charge in [-0.15, -0.1) is 0 Å². The fourth-order valence-electron chi connectivity index (χ4n) is 2.28. The Balaban J connectivity index is 2.75. The van der Waals surface area contributed by atoms with Crippen LogP contribution in [0, 0.1) is 17.8 Å². The summed E-state index contributed by atoms with van der Waals surface area (Å²) in [5, 5.41) is 9.03. The molecule has 0 bridgehead atoms. The summed E-state index contributed by atoms with van der Waals surface area (Å²) in [5.41, 5.74) is 0. The number of hydrogen-bond acceptors (Lipinski definition) is 2. The molecule has 0 spiro atoms. The van der Waals surface area contributed by atoms with Gasteiger partial charge in [-0.3, -0.25) is 9.59 Å². The Morgan fingerprint density at radius 1 is 1.33 bits per heavy atom. The quantitative estimate of drug-likeness (QED) is 0.766. The first kappa shape index (κ1) is 12.0. The van der Waals surface area contributed by atoms with Crippen molar-refractivity contribution in [1.29, 1.82) is 0 Å². The van der Waals surface area contributed by atoms with Crippen molar-refractivity contribution in [3.8, 4) is 0 Å². The van der Waals surface area contributed by atoms with E-state index in [1.54, 1.807) is 11.9 Å². The van der Waals surface area contributed by atoms with Crippen LogP contribution in [-0.2, 0) is 9.59 Å². The SMILES string of the molecule is CCN(C)C(=O)[C@H]1CC(C)C[C@H]1C(=O)O. The lowest BCUT2D eigenvalue weighted by Gasteiger charge is -2.21. The molecular weight excluding hydrogens is 194 g/mol. The Bertz CT molecular complexity index is 265. The molecule has 1 aliphatic rings. The molecule has 4 nitrogen and oxygen atoms in total. The minimum Gasteiger partial charge on any atom is -0.481 e. The summed E-state index contributed by atoms with van der Waals surface area (Å²) < 4.78 is 0. The van der Waals surface area contributed by atoms with E-state index in [1.165, 1.54) is 0 Å². The van der Waals surface area contributed by atoms with Gasteiger partial charge in [0.2, 0.25) is 5.91 Å². The first-order valence-corrected chi connectivity index (χ1v) is 5.45. The molecule has 0 aromatic carbocycles. The van der Waals surface area contributed by atoms with E-state index >= 15 is 0 Å². The summed E-state index contributed by atoms with van der Waals surface area (Å²) >= 11 is 0. The smallest absolute Gasteiger partial charge is 0.307 e. The minimum atomic E-state index is -0.831. The zero-order valence-corrected chi connectivity index (χ0v) is 9.56. The van der Waals surface area contributed by atoms with Crippen molar-refractivity contribution < 1.29 is 14.7 Å². The van der Waals surface area contributed by atoms with Gasteiger partial charge in [-0.05, 0) is 25.7 Å². The maximum absolute atomic E-state index is 11.9. The van der Waals surface area contributed by atoms with E-state index in [-0.39, 0.29) is 11.8 Å². The largest absolute Gasteiger partial charge is 0.481 e. The van der Waals surface area contributed by atoms with E-state index in [0.29, 0.717) is 25.3 Å². The highest BCUT2D eigenvalue weighted by Gasteiger charge is 2.41. The first-order chi connectivity index (χ1) is 6.97. The highest BCUT2D eigenvalue weighted by molar-refractivity contribution is 5.85. The zero-order chi connectivity index (χ0) is 11.6. The van der Waals surface area contributed by atoms with E-state index in [9.17, 15) is 9.59 Å². The van der Waals surface area contributed by atoms with E-state index in [0.717, 1.165) is 0 Å². The minimum absolute atomic E-state index is 0.0192. The molecule has 0 saturated heterocycles. The van der Waals surface area contributed by atoms with Crippen LogP contribution < -0.4 is 0 Å². The summed E-state index contributed by atoms with van der Waals surface area (Å²) in [6, 6.07) is 0. The predicted molar refractivity (Wildman–Crippen MR) is 56.3 cm³/mol. The van der Waals surface area contributed by atoms with Gasteiger partial charge in [-0.1, -0.05) is 6.92 Å². The third-order valence-electron chi connectivity index (χ3n) is 3.28. The number of carbonyl (C=O) groups excluding carboxylic acids is 1. The standard InChI is InChI=1S/C11H19NO3/c1-4-12(3)10(13)8-5-7(2)6-9(8)11(14)15/h7-9H,4-6H2,1-3H3,(H,14,15)/t7?,8-,9+/m0/s1. The van der Waals surface area contributed by atoms with E-state index < -0.39 is 11.9 Å². The van der Waals surface area contributed by atoms with Crippen LogP contribution in [0.15, 0.2) is 0 Å². The van der Waals surface area contributed by atoms with Crippen LogP contribution in [0.2, 0.25) is 0 Å². The maximum Gasteiger partial charge on any atom is 0.307 e. The molecular formula is C11H19NO3.